The first-order chi connectivity index (χ1) is 13.7. The lowest BCUT2D eigenvalue weighted by Gasteiger charge is -2.33. The molecule has 0 aromatic heterocycles. The van der Waals surface area contributed by atoms with Gasteiger partial charge in [0.2, 0.25) is 0 Å². The summed E-state index contributed by atoms with van der Waals surface area (Å²) in [6.45, 7) is 6.71. The Hall–Kier alpha value is -1.79. The number of carbonyl (C=O) groups is 1. The summed E-state index contributed by atoms with van der Waals surface area (Å²) in [5.74, 6) is 2.15. The van der Waals surface area contributed by atoms with Crippen molar-refractivity contribution in [3.63, 3.8) is 0 Å². The van der Waals surface area contributed by atoms with E-state index in [2.05, 4.69) is 4.90 Å². The van der Waals surface area contributed by atoms with Crippen LogP contribution in [0.15, 0.2) is 18.2 Å². The van der Waals surface area contributed by atoms with E-state index in [1.54, 1.807) is 7.11 Å². The fourth-order valence-electron chi connectivity index (χ4n) is 4.48. The molecule has 0 saturated carbocycles. The van der Waals surface area contributed by atoms with Crippen molar-refractivity contribution >= 4 is 5.91 Å². The summed E-state index contributed by atoms with van der Waals surface area (Å²) < 4.78 is 17.2. The van der Waals surface area contributed by atoms with Gasteiger partial charge >= 0.3 is 0 Å². The number of rotatable bonds is 6. The Morgan fingerprint density at radius 3 is 2.61 bits per heavy atom. The highest BCUT2D eigenvalue weighted by molar-refractivity contribution is 5.97. The summed E-state index contributed by atoms with van der Waals surface area (Å²) in [5, 5.41) is 0. The standard InChI is InChI=1S/C22H32N2O4/c1-26-19-4-5-20(22(25)24-9-2-3-10-24)21(14-19)28-18-6-11-23(12-7-18)15-17-8-13-27-16-17/h4-5,14,17-18H,2-3,6-13,15-16H2,1H3/t17-/m1/s1. The number of carbonyl (C=O) groups excluding carboxylic acids is 1. The van der Waals surface area contributed by atoms with E-state index in [4.69, 9.17) is 14.2 Å². The van der Waals surface area contributed by atoms with Crippen molar-refractivity contribution in [2.75, 3.05) is 53.0 Å². The highest BCUT2D eigenvalue weighted by Crippen LogP contribution is 2.30. The molecule has 0 N–H and O–H groups in total. The highest BCUT2D eigenvalue weighted by atomic mass is 16.5. The average molecular weight is 389 g/mol. The van der Waals surface area contributed by atoms with Crippen molar-refractivity contribution in [2.24, 2.45) is 5.92 Å². The van der Waals surface area contributed by atoms with Crippen LogP contribution in [0.4, 0.5) is 0 Å². The molecular weight excluding hydrogens is 356 g/mol. The maximum atomic E-state index is 12.9. The number of hydrogen-bond donors (Lipinski definition) is 0. The molecule has 1 aromatic carbocycles. The molecule has 0 spiro atoms. The summed E-state index contributed by atoms with van der Waals surface area (Å²) in [4.78, 5) is 17.4. The molecule has 1 amide bonds. The number of hydrogen-bond acceptors (Lipinski definition) is 5. The third-order valence-electron chi connectivity index (χ3n) is 6.18. The number of nitrogens with zero attached hydrogens (tertiary/aromatic N) is 2. The zero-order valence-electron chi connectivity index (χ0n) is 16.9. The molecule has 6 nitrogen and oxygen atoms in total. The van der Waals surface area contributed by atoms with Gasteiger partial charge in [0.1, 0.15) is 17.6 Å². The molecule has 0 radical (unpaired) electrons. The van der Waals surface area contributed by atoms with Crippen LogP contribution in [0.25, 0.3) is 0 Å². The summed E-state index contributed by atoms with van der Waals surface area (Å²) in [5.41, 5.74) is 0.660. The van der Waals surface area contributed by atoms with Gasteiger partial charge in [0.25, 0.3) is 5.91 Å². The normalized spacial score (nSPS) is 23.9. The van der Waals surface area contributed by atoms with Crippen molar-refractivity contribution in [3.05, 3.63) is 23.8 Å². The van der Waals surface area contributed by atoms with Crippen molar-refractivity contribution in [1.29, 1.82) is 0 Å². The third-order valence-corrected chi connectivity index (χ3v) is 6.18. The van der Waals surface area contributed by atoms with Crippen molar-refractivity contribution in [3.8, 4) is 11.5 Å². The fourth-order valence-corrected chi connectivity index (χ4v) is 4.48. The predicted molar refractivity (Wildman–Crippen MR) is 107 cm³/mol. The molecule has 3 aliphatic rings. The first-order valence-electron chi connectivity index (χ1n) is 10.7. The summed E-state index contributed by atoms with van der Waals surface area (Å²) in [6.07, 6.45) is 5.48. The summed E-state index contributed by atoms with van der Waals surface area (Å²) >= 11 is 0. The van der Waals surface area contributed by atoms with Gasteiger partial charge in [-0.3, -0.25) is 4.79 Å². The van der Waals surface area contributed by atoms with E-state index in [1.165, 1.54) is 6.42 Å². The molecule has 1 aromatic rings. The van der Waals surface area contributed by atoms with Gasteiger partial charge in [0, 0.05) is 45.4 Å². The number of methoxy groups -OCH3 is 1. The van der Waals surface area contributed by atoms with E-state index in [1.807, 2.05) is 23.1 Å². The van der Waals surface area contributed by atoms with Crippen LogP contribution < -0.4 is 9.47 Å². The van der Waals surface area contributed by atoms with Crippen molar-refractivity contribution < 1.29 is 19.0 Å². The SMILES string of the molecule is COc1ccc(C(=O)N2CCCC2)c(OC2CCN(C[C@H]3CCOC3)CC2)c1. The Kier molecular flexibility index (Phi) is 6.37. The lowest BCUT2D eigenvalue weighted by molar-refractivity contribution is 0.0754. The Bertz CT molecular complexity index is 661. The van der Waals surface area contributed by atoms with Crippen LogP contribution in [0.3, 0.4) is 0 Å². The minimum Gasteiger partial charge on any atom is -0.497 e. The van der Waals surface area contributed by atoms with Crippen molar-refractivity contribution in [1.82, 2.24) is 9.80 Å². The Morgan fingerprint density at radius 1 is 1.14 bits per heavy atom. The number of piperidine rings is 1. The topological polar surface area (TPSA) is 51.2 Å². The molecule has 3 fully saturated rings. The predicted octanol–water partition coefficient (Wildman–Crippen LogP) is 2.81. The zero-order chi connectivity index (χ0) is 19.3. The van der Waals surface area contributed by atoms with Gasteiger partial charge in [-0.1, -0.05) is 0 Å². The quantitative estimate of drug-likeness (QED) is 0.750. The highest BCUT2D eigenvalue weighted by Gasteiger charge is 2.27. The van der Waals surface area contributed by atoms with E-state index < -0.39 is 0 Å². The van der Waals surface area contributed by atoms with E-state index >= 15 is 0 Å². The maximum Gasteiger partial charge on any atom is 0.257 e. The molecule has 3 saturated heterocycles. The Balaban J connectivity index is 1.38. The van der Waals surface area contributed by atoms with Gasteiger partial charge in [0.15, 0.2) is 0 Å². The van der Waals surface area contributed by atoms with Gasteiger partial charge in [0.05, 0.1) is 19.3 Å². The minimum atomic E-state index is 0.0776. The van der Waals surface area contributed by atoms with Gasteiger partial charge in [-0.05, 0) is 50.2 Å². The molecule has 6 heteroatoms. The first kappa shape index (κ1) is 19.5. The first-order valence-corrected chi connectivity index (χ1v) is 10.7. The van der Waals surface area contributed by atoms with Crippen LogP contribution in [0.1, 0.15) is 42.5 Å². The number of benzene rings is 1. The lowest BCUT2D eigenvalue weighted by Crippen LogP contribution is -2.41. The summed E-state index contributed by atoms with van der Waals surface area (Å²) in [7, 11) is 1.65. The number of likely N-dealkylation sites (tertiary alicyclic amines) is 2. The van der Waals surface area contributed by atoms with Crippen LogP contribution in [0, 0.1) is 5.92 Å². The second-order valence-corrected chi connectivity index (χ2v) is 8.21. The van der Waals surface area contributed by atoms with Gasteiger partial charge in [-0.2, -0.15) is 0 Å². The second-order valence-electron chi connectivity index (χ2n) is 8.21. The van der Waals surface area contributed by atoms with Crippen LogP contribution in [-0.4, -0.2) is 74.9 Å². The maximum absolute atomic E-state index is 12.9. The molecule has 4 rings (SSSR count). The molecule has 154 valence electrons. The monoisotopic (exact) mass is 388 g/mol. The third kappa shape index (κ3) is 4.61. The molecule has 1 atom stereocenters. The minimum absolute atomic E-state index is 0.0776. The smallest absolute Gasteiger partial charge is 0.257 e. The molecule has 3 heterocycles. The average Bonchev–Trinajstić information content (AvgIpc) is 3.43. The molecule has 0 bridgehead atoms. The molecule has 0 aliphatic carbocycles. The van der Waals surface area contributed by atoms with E-state index in [0.717, 1.165) is 77.4 Å². The number of ether oxygens (including phenoxy) is 3. The van der Waals surface area contributed by atoms with E-state index in [0.29, 0.717) is 17.2 Å². The lowest BCUT2D eigenvalue weighted by atomic mass is 10.0. The van der Waals surface area contributed by atoms with Crippen LogP contribution in [0.2, 0.25) is 0 Å². The van der Waals surface area contributed by atoms with Crippen LogP contribution in [0.5, 0.6) is 11.5 Å². The number of amides is 1. The van der Waals surface area contributed by atoms with Gasteiger partial charge in [-0.15, -0.1) is 0 Å². The van der Waals surface area contributed by atoms with Crippen LogP contribution >= 0.6 is 0 Å². The van der Waals surface area contributed by atoms with E-state index in [-0.39, 0.29) is 12.0 Å². The fraction of sp³-hybridized carbons (Fsp3) is 0.682. The molecule has 28 heavy (non-hydrogen) atoms. The molecule has 3 aliphatic heterocycles. The summed E-state index contributed by atoms with van der Waals surface area (Å²) in [6, 6.07) is 5.57. The molecule has 0 unspecified atom stereocenters. The van der Waals surface area contributed by atoms with E-state index in [9.17, 15) is 4.79 Å². The van der Waals surface area contributed by atoms with Crippen LogP contribution in [-0.2, 0) is 4.74 Å². The van der Waals surface area contributed by atoms with Crippen molar-refractivity contribution in [2.45, 2.75) is 38.2 Å². The van der Waals surface area contributed by atoms with Gasteiger partial charge < -0.3 is 24.0 Å². The second kappa shape index (κ2) is 9.14. The molecular formula is C22H32N2O4. The Morgan fingerprint density at radius 2 is 1.93 bits per heavy atom. The van der Waals surface area contributed by atoms with Gasteiger partial charge in [-0.25, -0.2) is 0 Å². The Labute approximate surface area is 167 Å². The zero-order valence-corrected chi connectivity index (χ0v) is 16.9. The largest absolute Gasteiger partial charge is 0.497 e.